The van der Waals surface area contributed by atoms with Gasteiger partial charge in [-0.3, -0.25) is 0 Å². The molecule has 0 fully saturated rings. The molecule has 3 heteroatoms. The van der Waals surface area contributed by atoms with Crippen LogP contribution in [0.25, 0.3) is 0 Å². The number of rotatable bonds is 4. The van der Waals surface area contributed by atoms with Crippen LogP contribution in [0.15, 0.2) is 53.4 Å². The largest absolute Gasteiger partial charge is 0.463 e. The summed E-state index contributed by atoms with van der Waals surface area (Å²) in [6.45, 7) is 9.26. The third-order valence-electron chi connectivity index (χ3n) is 3.91. The maximum atomic E-state index is 12.4. The van der Waals surface area contributed by atoms with Crippen LogP contribution in [0.2, 0.25) is 0 Å². The molecule has 1 atom stereocenters. The van der Waals surface area contributed by atoms with Crippen LogP contribution in [-0.4, -0.2) is 24.0 Å². The Kier molecular flexibility index (Phi) is 4.84. The third-order valence-corrected chi connectivity index (χ3v) is 3.91. The van der Waals surface area contributed by atoms with Crippen LogP contribution in [-0.2, 0) is 9.53 Å². The van der Waals surface area contributed by atoms with Gasteiger partial charge in [-0.15, -0.1) is 0 Å². The monoisotopic (exact) mass is 285 g/mol. The van der Waals surface area contributed by atoms with Crippen LogP contribution in [0, 0.1) is 0 Å². The Hall–Kier alpha value is -2.03. The van der Waals surface area contributed by atoms with Crippen molar-refractivity contribution >= 4 is 5.97 Å². The number of nitrogens with zero attached hydrogens (tertiary/aromatic N) is 1. The molecule has 3 nitrogen and oxygen atoms in total. The van der Waals surface area contributed by atoms with Crippen molar-refractivity contribution < 1.29 is 9.53 Å². The second kappa shape index (κ2) is 6.61. The summed E-state index contributed by atoms with van der Waals surface area (Å²) in [5.41, 5.74) is 4.03. The van der Waals surface area contributed by atoms with Gasteiger partial charge in [0.15, 0.2) is 0 Å². The molecular formula is C18H23NO2. The van der Waals surface area contributed by atoms with Gasteiger partial charge in [-0.05, 0) is 33.3 Å². The van der Waals surface area contributed by atoms with Gasteiger partial charge >= 0.3 is 5.97 Å². The molecular weight excluding hydrogens is 262 g/mol. The highest BCUT2D eigenvalue weighted by Gasteiger charge is 2.30. The molecule has 0 bridgehead atoms. The summed E-state index contributed by atoms with van der Waals surface area (Å²) in [7, 11) is 0. The van der Waals surface area contributed by atoms with Gasteiger partial charge in [0.25, 0.3) is 0 Å². The van der Waals surface area contributed by atoms with Crippen LogP contribution in [0.1, 0.15) is 39.2 Å². The molecule has 0 N–H and O–H groups in total. The second-order valence-corrected chi connectivity index (χ2v) is 5.16. The topological polar surface area (TPSA) is 29.5 Å². The van der Waals surface area contributed by atoms with Crippen molar-refractivity contribution in [1.82, 2.24) is 4.90 Å². The SMILES string of the molecule is CCOC(=O)C1=C(C)N(CC)C(C)=CC1c1ccccc1. The fraction of sp³-hybridized carbons (Fsp3) is 0.389. The Balaban J connectivity index is 2.50. The summed E-state index contributed by atoms with van der Waals surface area (Å²) >= 11 is 0. The zero-order chi connectivity index (χ0) is 15.4. The van der Waals surface area contributed by atoms with E-state index >= 15 is 0 Å². The minimum atomic E-state index is -0.217. The molecule has 1 aliphatic heterocycles. The Bertz CT molecular complexity index is 572. The summed E-state index contributed by atoms with van der Waals surface area (Å²) in [5.74, 6) is -0.251. The lowest BCUT2D eigenvalue weighted by atomic mass is 9.86. The molecule has 2 rings (SSSR count). The maximum Gasteiger partial charge on any atom is 0.336 e. The van der Waals surface area contributed by atoms with E-state index in [0.717, 1.165) is 23.4 Å². The number of allylic oxidation sites excluding steroid dienone is 3. The molecule has 0 amide bonds. The number of ether oxygens (including phenoxy) is 1. The van der Waals surface area contributed by atoms with E-state index in [-0.39, 0.29) is 11.9 Å². The minimum Gasteiger partial charge on any atom is -0.463 e. The van der Waals surface area contributed by atoms with Gasteiger partial charge in [0.05, 0.1) is 12.2 Å². The predicted octanol–water partition coefficient (Wildman–Crippen LogP) is 3.85. The highest BCUT2D eigenvalue weighted by molar-refractivity contribution is 5.92. The standard InChI is InChI=1S/C18H23NO2/c1-5-19-13(3)12-16(15-10-8-7-9-11-15)17(14(19)4)18(20)21-6-2/h7-12,16H,5-6H2,1-4H3. The van der Waals surface area contributed by atoms with Crippen molar-refractivity contribution in [2.75, 3.05) is 13.2 Å². The summed E-state index contributed by atoms with van der Waals surface area (Å²) in [6.07, 6.45) is 2.15. The summed E-state index contributed by atoms with van der Waals surface area (Å²) in [4.78, 5) is 14.6. The van der Waals surface area contributed by atoms with Crippen molar-refractivity contribution in [1.29, 1.82) is 0 Å². The Labute approximate surface area is 126 Å². The Morgan fingerprint density at radius 2 is 1.86 bits per heavy atom. The first-order valence-electron chi connectivity index (χ1n) is 7.48. The van der Waals surface area contributed by atoms with Crippen LogP contribution < -0.4 is 0 Å². The smallest absolute Gasteiger partial charge is 0.336 e. The summed E-state index contributed by atoms with van der Waals surface area (Å²) in [6, 6.07) is 10.1. The highest BCUT2D eigenvalue weighted by atomic mass is 16.5. The van der Waals surface area contributed by atoms with E-state index in [0.29, 0.717) is 6.61 Å². The first-order valence-corrected chi connectivity index (χ1v) is 7.48. The zero-order valence-corrected chi connectivity index (χ0v) is 13.2. The van der Waals surface area contributed by atoms with Crippen molar-refractivity contribution in [3.05, 3.63) is 58.9 Å². The van der Waals surface area contributed by atoms with E-state index in [9.17, 15) is 4.79 Å². The van der Waals surface area contributed by atoms with E-state index in [1.165, 1.54) is 5.70 Å². The number of esters is 1. The molecule has 1 aromatic rings. The van der Waals surface area contributed by atoms with Crippen molar-refractivity contribution in [3.8, 4) is 0 Å². The number of benzene rings is 1. The number of carbonyl (C=O) groups excluding carboxylic acids is 1. The van der Waals surface area contributed by atoms with E-state index in [1.54, 1.807) is 0 Å². The number of hydrogen-bond donors (Lipinski definition) is 0. The van der Waals surface area contributed by atoms with Crippen LogP contribution in [0.5, 0.6) is 0 Å². The predicted molar refractivity (Wildman–Crippen MR) is 84.7 cm³/mol. The second-order valence-electron chi connectivity index (χ2n) is 5.16. The van der Waals surface area contributed by atoms with E-state index in [4.69, 9.17) is 4.74 Å². The Morgan fingerprint density at radius 1 is 1.19 bits per heavy atom. The van der Waals surface area contributed by atoms with Crippen LogP contribution in [0.4, 0.5) is 0 Å². The molecule has 112 valence electrons. The molecule has 0 saturated carbocycles. The average Bonchev–Trinajstić information content (AvgIpc) is 2.48. The van der Waals surface area contributed by atoms with Gasteiger partial charge in [-0.1, -0.05) is 36.4 Å². The van der Waals surface area contributed by atoms with Gasteiger partial charge in [0.2, 0.25) is 0 Å². The summed E-state index contributed by atoms with van der Waals surface area (Å²) < 4.78 is 5.28. The van der Waals surface area contributed by atoms with Crippen LogP contribution >= 0.6 is 0 Å². The third kappa shape index (κ3) is 3.02. The maximum absolute atomic E-state index is 12.4. The van der Waals surface area contributed by atoms with Crippen molar-refractivity contribution in [2.45, 2.75) is 33.6 Å². The van der Waals surface area contributed by atoms with Gasteiger partial charge in [0.1, 0.15) is 0 Å². The lowest BCUT2D eigenvalue weighted by Gasteiger charge is -2.34. The number of hydrogen-bond acceptors (Lipinski definition) is 3. The molecule has 0 aliphatic carbocycles. The molecule has 0 spiro atoms. The van der Waals surface area contributed by atoms with Crippen molar-refractivity contribution in [3.63, 3.8) is 0 Å². The average molecular weight is 285 g/mol. The van der Waals surface area contributed by atoms with Crippen molar-refractivity contribution in [2.24, 2.45) is 0 Å². The Morgan fingerprint density at radius 3 is 2.43 bits per heavy atom. The minimum absolute atomic E-state index is 0.0342. The van der Waals surface area contributed by atoms with Gasteiger partial charge in [0, 0.05) is 23.9 Å². The lowest BCUT2D eigenvalue weighted by Crippen LogP contribution is -2.29. The van der Waals surface area contributed by atoms with E-state index in [1.807, 2.05) is 32.0 Å². The molecule has 0 radical (unpaired) electrons. The molecule has 1 aliphatic rings. The molecule has 1 heterocycles. The van der Waals surface area contributed by atoms with Gasteiger partial charge in [-0.25, -0.2) is 4.79 Å². The fourth-order valence-electron chi connectivity index (χ4n) is 2.94. The molecule has 21 heavy (non-hydrogen) atoms. The lowest BCUT2D eigenvalue weighted by molar-refractivity contribution is -0.138. The van der Waals surface area contributed by atoms with Gasteiger partial charge < -0.3 is 9.64 Å². The number of carbonyl (C=O) groups is 1. The fourth-order valence-corrected chi connectivity index (χ4v) is 2.94. The molecule has 1 aromatic carbocycles. The quantitative estimate of drug-likeness (QED) is 0.787. The first kappa shape index (κ1) is 15.4. The normalized spacial score (nSPS) is 18.6. The molecule has 0 saturated heterocycles. The molecule has 1 unspecified atom stereocenters. The highest BCUT2D eigenvalue weighted by Crippen LogP contribution is 2.36. The van der Waals surface area contributed by atoms with Gasteiger partial charge in [-0.2, -0.15) is 0 Å². The molecule has 0 aromatic heterocycles. The van der Waals surface area contributed by atoms with Crippen LogP contribution in [0.3, 0.4) is 0 Å². The summed E-state index contributed by atoms with van der Waals surface area (Å²) in [5, 5.41) is 0. The zero-order valence-electron chi connectivity index (χ0n) is 13.2. The van der Waals surface area contributed by atoms with E-state index < -0.39 is 0 Å². The first-order chi connectivity index (χ1) is 10.1. The van der Waals surface area contributed by atoms with E-state index in [2.05, 4.69) is 37.0 Å².